The van der Waals surface area contributed by atoms with E-state index in [1.165, 1.54) is 96.7 Å². The zero-order chi connectivity index (χ0) is 37.6. The second-order valence-electron chi connectivity index (χ2n) is 18.4. The van der Waals surface area contributed by atoms with Crippen LogP contribution in [0.2, 0.25) is 0 Å². The summed E-state index contributed by atoms with van der Waals surface area (Å²) in [5.41, 5.74) is 11.9. The van der Waals surface area contributed by atoms with Gasteiger partial charge in [0.2, 0.25) is 0 Å². The summed E-state index contributed by atoms with van der Waals surface area (Å²) in [4.78, 5) is 16.1. The summed E-state index contributed by atoms with van der Waals surface area (Å²) in [5.74, 6) is 3.17. The molecule has 7 nitrogen and oxygen atoms in total. The predicted octanol–water partition coefficient (Wildman–Crippen LogP) is 9.53. The van der Waals surface area contributed by atoms with E-state index in [0.29, 0.717) is 61.1 Å². The number of nitrogens with two attached hydrogens (primary N) is 2. The fourth-order valence-corrected chi connectivity index (χ4v) is 12.1. The molecule has 4 saturated carbocycles. The van der Waals surface area contributed by atoms with Crippen molar-refractivity contribution in [3.05, 3.63) is 0 Å². The Labute approximate surface area is 321 Å². The molecule has 52 heavy (non-hydrogen) atoms. The van der Waals surface area contributed by atoms with Crippen molar-refractivity contribution in [3.63, 3.8) is 0 Å². The Kier molecular flexibility index (Phi) is 18.7. The van der Waals surface area contributed by atoms with Gasteiger partial charge in [-0.25, -0.2) is 0 Å². The Morgan fingerprint density at radius 3 is 2.17 bits per heavy atom. The van der Waals surface area contributed by atoms with E-state index in [4.69, 9.17) is 25.7 Å². The van der Waals surface area contributed by atoms with E-state index in [1.807, 2.05) is 0 Å². The van der Waals surface area contributed by atoms with Crippen LogP contribution in [0.25, 0.3) is 0 Å². The minimum absolute atomic E-state index is 0.0378. The first-order valence-electron chi connectivity index (χ1n) is 22.7. The first kappa shape index (κ1) is 44.0. The van der Waals surface area contributed by atoms with Gasteiger partial charge < -0.3 is 30.6 Å². The van der Waals surface area contributed by atoms with Crippen LogP contribution in [0.4, 0.5) is 0 Å². The van der Waals surface area contributed by atoms with Gasteiger partial charge in [0.05, 0.1) is 18.6 Å². The minimum Gasteiger partial charge on any atom is -0.462 e. The molecule has 4 aliphatic rings. The van der Waals surface area contributed by atoms with Crippen molar-refractivity contribution in [2.24, 2.45) is 57.8 Å². The Morgan fingerprint density at radius 1 is 0.769 bits per heavy atom. The number of carbonyl (C=O) groups is 1. The summed E-state index contributed by atoms with van der Waals surface area (Å²) in [6.45, 7) is 20.9. The predicted molar refractivity (Wildman–Crippen MR) is 216 cm³/mol. The van der Waals surface area contributed by atoms with Gasteiger partial charge in [-0.15, -0.1) is 0 Å². The molecule has 0 radical (unpaired) electrons. The summed E-state index contributed by atoms with van der Waals surface area (Å²) in [6, 6.07) is 0. The van der Waals surface area contributed by atoms with Crippen molar-refractivity contribution in [1.82, 2.24) is 4.90 Å². The number of fused-ring (bicyclic) bond motifs is 5. The topological polar surface area (TPSA) is 100 Å². The van der Waals surface area contributed by atoms with Gasteiger partial charge in [0.15, 0.2) is 0 Å². The lowest BCUT2D eigenvalue weighted by Gasteiger charge is -2.64. The molecule has 0 unspecified atom stereocenters. The van der Waals surface area contributed by atoms with E-state index in [1.54, 1.807) is 0 Å². The van der Waals surface area contributed by atoms with E-state index in [2.05, 4.69) is 46.4 Å². The van der Waals surface area contributed by atoms with Crippen LogP contribution in [0, 0.1) is 46.3 Å². The summed E-state index contributed by atoms with van der Waals surface area (Å²) < 4.78 is 20.1. The third-order valence-electron chi connectivity index (χ3n) is 15.1. The van der Waals surface area contributed by atoms with E-state index < -0.39 is 0 Å². The van der Waals surface area contributed by atoms with Crippen LogP contribution in [0.1, 0.15) is 170 Å². The van der Waals surface area contributed by atoms with Crippen LogP contribution < -0.4 is 11.5 Å². The van der Waals surface area contributed by atoms with E-state index in [9.17, 15) is 4.79 Å². The van der Waals surface area contributed by atoms with Crippen LogP contribution in [0.5, 0.6) is 0 Å². The van der Waals surface area contributed by atoms with Crippen molar-refractivity contribution in [2.75, 3.05) is 45.9 Å². The molecule has 4 aliphatic carbocycles. The van der Waals surface area contributed by atoms with Crippen LogP contribution in [-0.2, 0) is 19.0 Å². The average molecular weight is 732 g/mol. The molecule has 4 rings (SSSR count). The third kappa shape index (κ3) is 11.0. The van der Waals surface area contributed by atoms with Gasteiger partial charge in [0.25, 0.3) is 0 Å². The van der Waals surface area contributed by atoms with Crippen molar-refractivity contribution in [2.45, 2.75) is 188 Å². The molecule has 4 N–H and O–H groups in total. The largest absolute Gasteiger partial charge is 0.462 e. The molecule has 0 aromatic rings. The lowest BCUT2D eigenvalue weighted by atomic mass is 9.43. The van der Waals surface area contributed by atoms with E-state index in [0.717, 1.165) is 58.2 Å². The van der Waals surface area contributed by atoms with Gasteiger partial charge in [0.1, 0.15) is 6.10 Å². The standard InChI is InChI=1S/C45H85N3O4/c1-7-10-13-15-27-48(26-14-11-8-2)28-16-18-34(4)37-19-20-38-43-39(33-41(45(37,38)6)52-42(49)22-25-47)44(5)23-21-36(50-30-17-24-46)31-35(44)32-40(43)51-29-12-9-3/h34-41,43H,7-33,46-47H2,1-6H3/t34-,35+,36-,37-,38+,39+,40-,41+,43+,44+,45-/m1/s1. The Morgan fingerprint density at radius 2 is 1.46 bits per heavy atom. The van der Waals surface area contributed by atoms with Crippen molar-refractivity contribution in [1.29, 1.82) is 0 Å². The quantitative estimate of drug-likeness (QED) is 0.0713. The zero-order valence-electron chi connectivity index (χ0n) is 35.0. The van der Waals surface area contributed by atoms with Crippen molar-refractivity contribution in [3.8, 4) is 0 Å². The lowest BCUT2D eigenvalue weighted by Crippen LogP contribution is -2.63. The first-order chi connectivity index (χ1) is 25.2. The van der Waals surface area contributed by atoms with Gasteiger partial charge in [-0.1, -0.05) is 80.1 Å². The van der Waals surface area contributed by atoms with Crippen LogP contribution in [0.3, 0.4) is 0 Å². The number of unbranched alkanes of at least 4 members (excludes halogenated alkanes) is 6. The minimum atomic E-state index is -0.0970. The maximum Gasteiger partial charge on any atom is 0.307 e. The molecule has 4 fully saturated rings. The Hall–Kier alpha value is -0.730. The molecule has 0 aromatic carbocycles. The average Bonchev–Trinajstić information content (AvgIpc) is 3.49. The molecular formula is C45H85N3O4. The number of hydrogen-bond donors (Lipinski definition) is 2. The van der Waals surface area contributed by atoms with Gasteiger partial charge in [0, 0.05) is 25.2 Å². The molecule has 0 aliphatic heterocycles. The molecule has 0 saturated heterocycles. The van der Waals surface area contributed by atoms with Crippen LogP contribution >= 0.6 is 0 Å². The number of rotatable bonds is 25. The maximum absolute atomic E-state index is 13.4. The van der Waals surface area contributed by atoms with Crippen molar-refractivity contribution < 1.29 is 19.0 Å². The monoisotopic (exact) mass is 732 g/mol. The van der Waals surface area contributed by atoms with Gasteiger partial charge >= 0.3 is 5.97 Å². The number of ether oxygens (including phenoxy) is 3. The number of hydrogen-bond acceptors (Lipinski definition) is 7. The lowest BCUT2D eigenvalue weighted by molar-refractivity contribution is -0.227. The fourth-order valence-electron chi connectivity index (χ4n) is 12.1. The molecule has 0 bridgehead atoms. The molecule has 304 valence electrons. The maximum atomic E-state index is 13.4. The summed E-state index contributed by atoms with van der Waals surface area (Å²) >= 11 is 0. The molecule has 0 spiro atoms. The second kappa shape index (κ2) is 22.1. The first-order valence-corrected chi connectivity index (χ1v) is 22.7. The van der Waals surface area contributed by atoms with Gasteiger partial charge in [-0.3, -0.25) is 4.79 Å². The SMILES string of the molecule is CCCCCCN(CCCCC)CCC[C@@H](C)[C@H]1CC[C@H]2[C@@H]3[C@H](OCCCC)C[C@@H]4C[C@H](OCCCN)CC[C@]4(C)[C@H]3C[C@H](OC(=O)CCN)[C@]12C. The number of carbonyl (C=O) groups excluding carboxylic acids is 1. The number of esters is 1. The number of nitrogens with zero attached hydrogens (tertiary/aromatic N) is 1. The fraction of sp³-hybridized carbons (Fsp3) is 0.978. The molecule has 11 atom stereocenters. The Balaban J connectivity index is 1.55. The summed E-state index contributed by atoms with van der Waals surface area (Å²) in [7, 11) is 0. The summed E-state index contributed by atoms with van der Waals surface area (Å²) in [6.07, 6.45) is 23.9. The normalized spacial score (nSPS) is 34.9. The highest BCUT2D eigenvalue weighted by Gasteiger charge is 2.67. The smallest absolute Gasteiger partial charge is 0.307 e. The Bertz CT molecular complexity index is 1010. The molecule has 7 heteroatoms. The highest BCUT2D eigenvalue weighted by Crippen LogP contribution is 2.69. The van der Waals surface area contributed by atoms with E-state index in [-0.39, 0.29) is 29.0 Å². The highest BCUT2D eigenvalue weighted by atomic mass is 16.5. The van der Waals surface area contributed by atoms with Crippen molar-refractivity contribution >= 4 is 5.97 Å². The third-order valence-corrected chi connectivity index (χ3v) is 15.1. The van der Waals surface area contributed by atoms with Crippen LogP contribution in [-0.4, -0.2) is 75.1 Å². The van der Waals surface area contributed by atoms with E-state index >= 15 is 0 Å². The van der Waals surface area contributed by atoms with Gasteiger partial charge in [-0.2, -0.15) is 0 Å². The highest BCUT2D eigenvalue weighted by molar-refractivity contribution is 5.69. The second-order valence-corrected chi connectivity index (χ2v) is 18.4. The van der Waals surface area contributed by atoms with Crippen LogP contribution in [0.15, 0.2) is 0 Å². The molecule has 0 heterocycles. The molecule has 0 aromatic heterocycles. The summed E-state index contributed by atoms with van der Waals surface area (Å²) in [5, 5.41) is 0. The molecule has 0 amide bonds. The molecular weight excluding hydrogens is 647 g/mol. The zero-order valence-corrected chi connectivity index (χ0v) is 35.0. The van der Waals surface area contributed by atoms with Gasteiger partial charge in [-0.05, 0) is 151 Å².